The molecule has 12 heavy (non-hydrogen) atoms. The molecule has 0 amide bonds. The first-order valence-electron chi connectivity index (χ1n) is 4.11. The summed E-state index contributed by atoms with van der Waals surface area (Å²) in [5.41, 5.74) is 0. The molecule has 2 atom stereocenters. The van der Waals surface area contributed by atoms with Gasteiger partial charge in [-0.1, -0.05) is 12.8 Å². The molecule has 0 aromatic carbocycles. The number of rotatable bonds is 5. The minimum atomic E-state index is -0.0265. The summed E-state index contributed by atoms with van der Waals surface area (Å²) in [6, 6.07) is 1.91. The first kappa shape index (κ1) is 11.0. The summed E-state index contributed by atoms with van der Waals surface area (Å²) in [4.78, 5) is 3.45. The molecule has 0 saturated carbocycles. The first-order chi connectivity index (χ1) is 5.74. The van der Waals surface area contributed by atoms with Crippen molar-refractivity contribution in [2.45, 2.75) is 32.2 Å². The van der Waals surface area contributed by atoms with Crippen molar-refractivity contribution in [3.63, 3.8) is 0 Å². The lowest BCUT2D eigenvalue weighted by Crippen LogP contribution is -2.07. The van der Waals surface area contributed by atoms with Crippen LogP contribution in [0.2, 0.25) is 0 Å². The van der Waals surface area contributed by atoms with Crippen LogP contribution in [0.15, 0.2) is 0 Å². The van der Waals surface area contributed by atoms with Crippen molar-refractivity contribution in [1.82, 2.24) is 0 Å². The Bertz CT molecular complexity index is 185. The van der Waals surface area contributed by atoms with Gasteiger partial charge in [-0.25, -0.2) is 6.57 Å². The van der Waals surface area contributed by atoms with Gasteiger partial charge in [0, 0.05) is 12.8 Å². The second-order valence-corrected chi connectivity index (χ2v) is 2.98. The van der Waals surface area contributed by atoms with Gasteiger partial charge in [0.05, 0.1) is 12.5 Å². The van der Waals surface area contributed by atoms with E-state index in [-0.39, 0.29) is 6.04 Å². The lowest BCUT2D eigenvalue weighted by Gasteiger charge is -2.11. The SMILES string of the molecule is [C-]#[N+][C@@H](C[CH]C#N)CC(C)C[CH2-]. The monoisotopic (exact) mass is 162 g/mol. The average Bonchev–Trinajstić information content (AvgIpc) is 2.11. The Labute approximate surface area is 75.0 Å². The molecule has 0 aliphatic heterocycles. The minimum Gasteiger partial charge on any atom is -0.343 e. The molecule has 0 heterocycles. The van der Waals surface area contributed by atoms with Gasteiger partial charge in [-0.15, -0.1) is 0 Å². The van der Waals surface area contributed by atoms with Gasteiger partial charge in [-0.05, 0) is 0 Å². The number of hydrogen-bond donors (Lipinski definition) is 0. The molecule has 1 unspecified atom stereocenters. The molecule has 0 aromatic heterocycles. The molecule has 0 aliphatic carbocycles. The van der Waals surface area contributed by atoms with Crippen LogP contribution in [-0.2, 0) is 0 Å². The zero-order valence-electron chi connectivity index (χ0n) is 7.45. The highest BCUT2D eigenvalue weighted by atomic mass is 14.7. The minimum absolute atomic E-state index is 0.0265. The van der Waals surface area contributed by atoms with Crippen molar-refractivity contribution < 1.29 is 0 Å². The summed E-state index contributed by atoms with van der Waals surface area (Å²) in [6.07, 6.45) is 3.80. The summed E-state index contributed by atoms with van der Waals surface area (Å²) >= 11 is 0. The van der Waals surface area contributed by atoms with Crippen LogP contribution < -0.4 is 0 Å². The molecule has 2 nitrogen and oxygen atoms in total. The molecule has 0 aliphatic rings. The van der Waals surface area contributed by atoms with Crippen LogP contribution in [0.3, 0.4) is 0 Å². The molecule has 0 rings (SSSR count). The molecule has 0 aromatic rings. The van der Waals surface area contributed by atoms with E-state index in [0.717, 1.165) is 12.8 Å². The zero-order chi connectivity index (χ0) is 9.40. The molecule has 65 valence electrons. The van der Waals surface area contributed by atoms with Crippen LogP contribution in [0.1, 0.15) is 26.2 Å². The van der Waals surface area contributed by atoms with Crippen molar-refractivity contribution in [3.8, 4) is 6.07 Å². The van der Waals surface area contributed by atoms with Crippen LogP contribution in [0.5, 0.6) is 0 Å². The van der Waals surface area contributed by atoms with Crippen LogP contribution >= 0.6 is 0 Å². The first-order valence-corrected chi connectivity index (χ1v) is 4.11. The van der Waals surface area contributed by atoms with E-state index < -0.39 is 0 Å². The average molecular weight is 162 g/mol. The maximum Gasteiger partial charge on any atom is 0.225 e. The number of hydrogen-bond acceptors (Lipinski definition) is 1. The van der Waals surface area contributed by atoms with Gasteiger partial charge < -0.3 is 11.8 Å². The van der Waals surface area contributed by atoms with Crippen LogP contribution in [-0.4, -0.2) is 6.04 Å². The Balaban J connectivity index is 3.70. The third-order valence-corrected chi connectivity index (χ3v) is 1.83. The fourth-order valence-electron chi connectivity index (χ4n) is 0.973. The lowest BCUT2D eigenvalue weighted by atomic mass is 9.97. The van der Waals surface area contributed by atoms with Gasteiger partial charge in [0.25, 0.3) is 0 Å². The van der Waals surface area contributed by atoms with E-state index in [1.807, 2.05) is 6.07 Å². The molecule has 0 saturated heterocycles. The standard InChI is InChI=1S/C10H14N2/c1-4-9(2)8-10(12-3)6-5-7-11/h5,9-10H,1,4,6,8H2,2H3/q-1/t9?,10-/m0/s1. The van der Waals surface area contributed by atoms with Crippen molar-refractivity contribution in [2.24, 2.45) is 5.92 Å². The molecule has 1 radical (unpaired) electrons. The predicted octanol–water partition coefficient (Wildman–Crippen LogP) is 2.64. The van der Waals surface area contributed by atoms with Crippen molar-refractivity contribution >= 4 is 0 Å². The van der Waals surface area contributed by atoms with E-state index >= 15 is 0 Å². The van der Waals surface area contributed by atoms with Crippen molar-refractivity contribution in [1.29, 1.82) is 5.26 Å². The fourth-order valence-corrected chi connectivity index (χ4v) is 0.973. The maximum absolute atomic E-state index is 8.28. The fraction of sp³-hybridized carbons (Fsp3) is 0.600. The third kappa shape index (κ3) is 4.74. The Morgan fingerprint density at radius 3 is 2.83 bits per heavy atom. The van der Waals surface area contributed by atoms with Gasteiger partial charge >= 0.3 is 0 Å². The molecule has 0 spiro atoms. The highest BCUT2D eigenvalue weighted by Crippen LogP contribution is 2.15. The third-order valence-electron chi connectivity index (χ3n) is 1.83. The topological polar surface area (TPSA) is 28.1 Å². The highest BCUT2D eigenvalue weighted by Gasteiger charge is 2.14. The summed E-state index contributed by atoms with van der Waals surface area (Å²) in [7, 11) is 0. The van der Waals surface area contributed by atoms with Crippen LogP contribution in [0, 0.1) is 37.2 Å². The normalized spacial score (nSPS) is 14.3. The van der Waals surface area contributed by atoms with E-state index in [4.69, 9.17) is 11.8 Å². The van der Waals surface area contributed by atoms with Gasteiger partial charge in [0.1, 0.15) is 0 Å². The molecular formula is C10H14N2-. The maximum atomic E-state index is 8.28. The Morgan fingerprint density at radius 1 is 1.75 bits per heavy atom. The van der Waals surface area contributed by atoms with Crippen LogP contribution in [0.4, 0.5) is 0 Å². The predicted molar refractivity (Wildman–Crippen MR) is 48.7 cm³/mol. The van der Waals surface area contributed by atoms with E-state index in [0.29, 0.717) is 12.3 Å². The summed E-state index contributed by atoms with van der Waals surface area (Å²) in [6.45, 7) is 12.7. The van der Waals surface area contributed by atoms with Crippen molar-refractivity contribution in [2.75, 3.05) is 0 Å². The quantitative estimate of drug-likeness (QED) is 0.571. The van der Waals surface area contributed by atoms with E-state index in [9.17, 15) is 0 Å². The second-order valence-electron chi connectivity index (χ2n) is 2.98. The van der Waals surface area contributed by atoms with Crippen LogP contribution in [0.25, 0.3) is 4.85 Å². The second kappa shape index (κ2) is 6.68. The molecule has 0 N–H and O–H groups in total. The van der Waals surface area contributed by atoms with E-state index in [1.165, 1.54) is 6.42 Å². The lowest BCUT2D eigenvalue weighted by molar-refractivity contribution is 0.497. The number of nitriles is 1. The molecule has 0 fully saturated rings. The molecular weight excluding hydrogens is 148 g/mol. The van der Waals surface area contributed by atoms with Crippen molar-refractivity contribution in [3.05, 3.63) is 24.8 Å². The summed E-state index contributed by atoms with van der Waals surface area (Å²) in [5.74, 6) is 0.483. The van der Waals surface area contributed by atoms with Gasteiger partial charge in [-0.2, -0.15) is 11.7 Å². The smallest absolute Gasteiger partial charge is 0.225 e. The zero-order valence-corrected chi connectivity index (χ0v) is 7.45. The molecule has 0 bridgehead atoms. The Kier molecular flexibility index (Phi) is 6.11. The largest absolute Gasteiger partial charge is 0.343 e. The summed E-state index contributed by atoms with van der Waals surface area (Å²) < 4.78 is 0. The van der Waals surface area contributed by atoms with Gasteiger partial charge in [0.15, 0.2) is 0 Å². The summed E-state index contributed by atoms with van der Waals surface area (Å²) in [5, 5.41) is 8.28. The van der Waals surface area contributed by atoms with E-state index in [1.54, 1.807) is 0 Å². The van der Waals surface area contributed by atoms with Gasteiger partial charge in [0.2, 0.25) is 6.04 Å². The Hall–Kier alpha value is -1.02. The highest BCUT2D eigenvalue weighted by molar-refractivity contribution is 4.97. The number of nitrogens with zero attached hydrogens (tertiary/aromatic N) is 2. The molecule has 2 heteroatoms. The Morgan fingerprint density at radius 2 is 2.42 bits per heavy atom. The van der Waals surface area contributed by atoms with Gasteiger partial charge in [-0.3, -0.25) is 0 Å². The van der Waals surface area contributed by atoms with E-state index in [2.05, 4.69) is 18.7 Å².